The van der Waals surface area contributed by atoms with Crippen LogP contribution in [0.25, 0.3) is 0 Å². The summed E-state index contributed by atoms with van der Waals surface area (Å²) in [5.74, 6) is 0. The van der Waals surface area contributed by atoms with Crippen molar-refractivity contribution in [3.63, 3.8) is 0 Å². The maximum Gasteiger partial charge on any atom is 0.0471 e. The molecule has 0 bridgehead atoms. The van der Waals surface area contributed by atoms with Crippen LogP contribution in [0.15, 0.2) is 73.2 Å². The topological polar surface area (TPSA) is 0 Å². The fourth-order valence-corrected chi connectivity index (χ4v) is 4.77. The third-order valence-electron chi connectivity index (χ3n) is 1.98. The van der Waals surface area contributed by atoms with Crippen molar-refractivity contribution in [2.75, 3.05) is 0 Å². The van der Waals surface area contributed by atoms with Crippen molar-refractivity contribution in [1.29, 1.82) is 0 Å². The van der Waals surface area contributed by atoms with Gasteiger partial charge in [-0.05, 0) is 152 Å². The van der Waals surface area contributed by atoms with Gasteiger partial charge in [0.1, 0.15) is 0 Å². The molecule has 0 aliphatic rings. The molecule has 0 N–H and O–H groups in total. The summed E-state index contributed by atoms with van der Waals surface area (Å²) >= 11 is 27.2. The fourth-order valence-electron chi connectivity index (χ4n) is 1.00. The fraction of sp³-hybridized carbons (Fsp3) is 0. The molecule has 0 heterocycles. The standard InChI is InChI=1S/2C6H2Br4.C2H4/c2*7-3-1-2-4(8)6(10)5(3)9;1-2/h2*1-2H;1-2H2. The summed E-state index contributed by atoms with van der Waals surface area (Å²) in [5, 5.41) is 0. The Morgan fingerprint density at radius 1 is 0.409 bits per heavy atom. The summed E-state index contributed by atoms with van der Waals surface area (Å²) in [5.41, 5.74) is 0. The van der Waals surface area contributed by atoms with Crippen LogP contribution < -0.4 is 0 Å². The van der Waals surface area contributed by atoms with Gasteiger partial charge in [0.2, 0.25) is 0 Å². The molecule has 0 fully saturated rings. The Kier molecular flexibility index (Phi) is 13.5. The Morgan fingerprint density at radius 3 is 0.682 bits per heavy atom. The number of hydrogen-bond acceptors (Lipinski definition) is 0. The molecule has 0 amide bonds. The van der Waals surface area contributed by atoms with Crippen LogP contribution in [0.4, 0.5) is 0 Å². The van der Waals surface area contributed by atoms with E-state index in [2.05, 4.69) is 141 Å². The van der Waals surface area contributed by atoms with Crippen LogP contribution in [-0.4, -0.2) is 0 Å². The van der Waals surface area contributed by atoms with Crippen molar-refractivity contribution in [3.05, 3.63) is 73.2 Å². The van der Waals surface area contributed by atoms with Crippen LogP contribution in [-0.2, 0) is 0 Å². The zero-order chi connectivity index (χ0) is 17.4. The average Bonchev–Trinajstić information content (AvgIpc) is 2.53. The van der Waals surface area contributed by atoms with Crippen molar-refractivity contribution in [2.24, 2.45) is 0 Å². The molecule has 8 heteroatoms. The monoisotopic (exact) mass is 807 g/mol. The van der Waals surface area contributed by atoms with Crippen molar-refractivity contribution >= 4 is 127 Å². The van der Waals surface area contributed by atoms with Gasteiger partial charge in [-0.1, -0.05) is 0 Å². The minimum atomic E-state index is 1.03. The third-order valence-corrected chi connectivity index (χ3v) is 11.1. The zero-order valence-corrected chi connectivity index (χ0v) is 23.4. The first-order valence-corrected chi connectivity index (χ1v) is 11.7. The van der Waals surface area contributed by atoms with Gasteiger partial charge in [0.05, 0.1) is 0 Å². The molecule has 22 heavy (non-hydrogen) atoms. The minimum Gasteiger partial charge on any atom is -0.106 e. The first kappa shape index (κ1) is 24.0. The lowest BCUT2D eigenvalue weighted by Gasteiger charge is -2.00. The van der Waals surface area contributed by atoms with E-state index in [-0.39, 0.29) is 0 Å². The van der Waals surface area contributed by atoms with Crippen LogP contribution in [0, 0.1) is 0 Å². The van der Waals surface area contributed by atoms with Gasteiger partial charge >= 0.3 is 0 Å². The smallest absolute Gasteiger partial charge is 0.0471 e. The lowest BCUT2D eigenvalue weighted by atomic mass is 10.4. The molecule has 2 aromatic rings. The summed E-state index contributed by atoms with van der Waals surface area (Å²) in [6.07, 6.45) is 0. The highest BCUT2D eigenvalue weighted by Crippen LogP contribution is 2.36. The summed E-state index contributed by atoms with van der Waals surface area (Å²) in [6, 6.07) is 7.88. The minimum absolute atomic E-state index is 1.03. The van der Waals surface area contributed by atoms with Gasteiger partial charge in [-0.2, -0.15) is 0 Å². The predicted octanol–water partition coefficient (Wildman–Crippen LogP) is 10.3. The molecule has 0 aliphatic heterocycles. The van der Waals surface area contributed by atoms with E-state index in [1.807, 2.05) is 24.3 Å². The number of hydrogen-bond donors (Lipinski definition) is 0. The van der Waals surface area contributed by atoms with E-state index in [1.54, 1.807) is 0 Å². The predicted molar refractivity (Wildman–Crippen MR) is 126 cm³/mol. The van der Waals surface area contributed by atoms with Crippen molar-refractivity contribution < 1.29 is 0 Å². The van der Waals surface area contributed by atoms with Gasteiger partial charge in [-0.25, -0.2) is 0 Å². The Balaban J connectivity index is 0.000000360. The molecule has 0 unspecified atom stereocenters. The van der Waals surface area contributed by atoms with Crippen molar-refractivity contribution in [2.45, 2.75) is 0 Å². The first-order chi connectivity index (χ1) is 10.3. The molecule has 0 aliphatic carbocycles. The highest BCUT2D eigenvalue weighted by Gasteiger charge is 2.04. The van der Waals surface area contributed by atoms with E-state index in [1.165, 1.54) is 0 Å². The molecule has 0 atom stereocenters. The summed E-state index contributed by atoms with van der Waals surface area (Å²) in [7, 11) is 0. The molecule has 0 aromatic heterocycles. The SMILES string of the molecule is Brc1ccc(Br)c(Br)c1Br.Brc1ccc(Br)c(Br)c1Br.C=C. The summed E-state index contributed by atoms with van der Waals surface area (Å²) in [6.45, 7) is 6.00. The van der Waals surface area contributed by atoms with Crippen LogP contribution in [0.5, 0.6) is 0 Å². The van der Waals surface area contributed by atoms with Crippen molar-refractivity contribution in [1.82, 2.24) is 0 Å². The molecule has 2 aromatic carbocycles. The molecular weight excluding hydrogens is 807 g/mol. The van der Waals surface area contributed by atoms with Crippen molar-refractivity contribution in [3.8, 4) is 0 Å². The van der Waals surface area contributed by atoms with E-state index in [0.29, 0.717) is 0 Å². The maximum atomic E-state index is 3.41. The molecule has 2 rings (SSSR count). The van der Waals surface area contributed by atoms with Gasteiger partial charge in [0.25, 0.3) is 0 Å². The molecule has 0 radical (unpaired) electrons. The Labute approximate surface area is 197 Å². The number of halogens is 8. The molecule has 0 saturated heterocycles. The second-order valence-corrected chi connectivity index (χ2v) is 9.90. The van der Waals surface area contributed by atoms with Crippen LogP contribution in [0.3, 0.4) is 0 Å². The van der Waals surface area contributed by atoms with Gasteiger partial charge in [-0.3, -0.25) is 0 Å². The largest absolute Gasteiger partial charge is 0.106 e. The first-order valence-electron chi connectivity index (χ1n) is 5.33. The second kappa shape index (κ2) is 12.4. The Hall–Kier alpha value is 2.02. The van der Waals surface area contributed by atoms with Crippen LogP contribution in [0.2, 0.25) is 0 Å². The van der Waals surface area contributed by atoms with Crippen LogP contribution >= 0.6 is 127 Å². The van der Waals surface area contributed by atoms with E-state index in [9.17, 15) is 0 Å². The highest BCUT2D eigenvalue weighted by molar-refractivity contribution is 9.15. The van der Waals surface area contributed by atoms with Gasteiger partial charge in [-0.15, -0.1) is 13.2 Å². The number of rotatable bonds is 0. The molecular formula is C14H8Br8. The van der Waals surface area contributed by atoms with E-state index in [0.717, 1.165) is 35.8 Å². The quantitative estimate of drug-likeness (QED) is 0.141. The second-order valence-electron chi connectivity index (χ2n) is 3.31. The van der Waals surface area contributed by atoms with Crippen LogP contribution in [0.1, 0.15) is 0 Å². The van der Waals surface area contributed by atoms with Gasteiger partial charge in [0.15, 0.2) is 0 Å². The lowest BCUT2D eigenvalue weighted by Crippen LogP contribution is -1.73. The lowest BCUT2D eigenvalue weighted by molar-refractivity contribution is 1.50. The summed E-state index contributed by atoms with van der Waals surface area (Å²) in [4.78, 5) is 0. The molecule has 0 saturated carbocycles. The average molecular weight is 815 g/mol. The van der Waals surface area contributed by atoms with E-state index >= 15 is 0 Å². The number of benzene rings is 2. The normalized spacial score (nSPS) is 9.27. The van der Waals surface area contributed by atoms with E-state index < -0.39 is 0 Å². The van der Waals surface area contributed by atoms with E-state index in [4.69, 9.17) is 0 Å². The summed E-state index contributed by atoms with van der Waals surface area (Å²) < 4.78 is 8.29. The third kappa shape index (κ3) is 7.50. The molecule has 0 nitrogen and oxygen atoms in total. The molecule has 120 valence electrons. The zero-order valence-electron chi connectivity index (χ0n) is 10.7. The Morgan fingerprint density at radius 2 is 0.545 bits per heavy atom. The van der Waals surface area contributed by atoms with Gasteiger partial charge in [0, 0.05) is 35.8 Å². The Bertz CT molecular complexity index is 530. The highest BCUT2D eigenvalue weighted by atomic mass is 79.9. The van der Waals surface area contributed by atoms with Gasteiger partial charge < -0.3 is 0 Å². The molecule has 0 spiro atoms. The maximum absolute atomic E-state index is 3.41.